The number of hydrogen-bond acceptors (Lipinski definition) is 1. The first-order chi connectivity index (χ1) is 6.11. The van der Waals surface area contributed by atoms with Gasteiger partial charge in [-0.05, 0) is 24.7 Å². The van der Waals surface area contributed by atoms with Gasteiger partial charge < -0.3 is 5.32 Å². The minimum absolute atomic E-state index is 0.116. The van der Waals surface area contributed by atoms with E-state index in [9.17, 15) is 4.79 Å². The van der Waals surface area contributed by atoms with Crippen molar-refractivity contribution in [2.24, 2.45) is 11.8 Å². The molecule has 0 aromatic heterocycles. The standard InChI is InChI=1S/C11H21NO/c1-8(2)11(12-9(3)13)10-6-4-5-7-10/h8,10-11H,4-7H2,1-3H3,(H,12,13). The molecule has 0 aliphatic heterocycles. The Morgan fingerprint density at radius 2 is 1.85 bits per heavy atom. The molecule has 1 aliphatic carbocycles. The minimum Gasteiger partial charge on any atom is -0.353 e. The van der Waals surface area contributed by atoms with E-state index in [1.165, 1.54) is 25.7 Å². The van der Waals surface area contributed by atoms with Crippen LogP contribution in [-0.2, 0) is 4.79 Å². The lowest BCUT2D eigenvalue weighted by Gasteiger charge is -2.27. The first-order valence-corrected chi connectivity index (χ1v) is 5.38. The normalized spacial score (nSPS) is 20.6. The third-order valence-electron chi connectivity index (χ3n) is 3.00. The van der Waals surface area contributed by atoms with Gasteiger partial charge in [-0.3, -0.25) is 4.79 Å². The van der Waals surface area contributed by atoms with Crippen LogP contribution in [0, 0.1) is 11.8 Å². The summed E-state index contributed by atoms with van der Waals surface area (Å²) in [5, 5.41) is 3.08. The van der Waals surface area contributed by atoms with E-state index in [1.807, 2.05) is 0 Å². The zero-order chi connectivity index (χ0) is 9.84. The number of rotatable bonds is 3. The molecule has 0 spiro atoms. The van der Waals surface area contributed by atoms with Gasteiger partial charge in [0.15, 0.2) is 0 Å². The van der Waals surface area contributed by atoms with E-state index in [1.54, 1.807) is 6.92 Å². The Labute approximate surface area is 81.1 Å². The maximum Gasteiger partial charge on any atom is 0.217 e. The molecule has 0 aromatic rings. The second-order valence-corrected chi connectivity index (χ2v) is 4.51. The minimum atomic E-state index is 0.116. The summed E-state index contributed by atoms with van der Waals surface area (Å²) in [4.78, 5) is 11.0. The third-order valence-corrected chi connectivity index (χ3v) is 3.00. The largest absolute Gasteiger partial charge is 0.353 e. The van der Waals surface area contributed by atoms with Crippen molar-refractivity contribution < 1.29 is 4.79 Å². The summed E-state index contributed by atoms with van der Waals surface area (Å²) in [5.41, 5.74) is 0. The molecule has 0 aromatic carbocycles. The van der Waals surface area contributed by atoms with Gasteiger partial charge in [-0.15, -0.1) is 0 Å². The molecule has 0 saturated heterocycles. The topological polar surface area (TPSA) is 29.1 Å². The average Bonchev–Trinajstić information content (AvgIpc) is 2.50. The van der Waals surface area contributed by atoms with E-state index in [0.29, 0.717) is 12.0 Å². The number of nitrogens with one attached hydrogen (secondary N) is 1. The number of carbonyl (C=O) groups is 1. The smallest absolute Gasteiger partial charge is 0.217 e. The summed E-state index contributed by atoms with van der Waals surface area (Å²) in [6, 6.07) is 0.403. The molecule has 2 heteroatoms. The Morgan fingerprint density at radius 1 is 1.31 bits per heavy atom. The van der Waals surface area contributed by atoms with Crippen molar-refractivity contribution in [3.05, 3.63) is 0 Å². The Kier molecular flexibility index (Phi) is 3.76. The summed E-state index contributed by atoms with van der Waals surface area (Å²) in [7, 11) is 0. The van der Waals surface area contributed by atoms with Crippen molar-refractivity contribution in [1.82, 2.24) is 5.32 Å². The zero-order valence-corrected chi connectivity index (χ0v) is 8.97. The van der Waals surface area contributed by atoms with E-state index in [2.05, 4.69) is 19.2 Å². The Bertz CT molecular complexity index is 171. The Balaban J connectivity index is 2.50. The second-order valence-electron chi connectivity index (χ2n) is 4.51. The van der Waals surface area contributed by atoms with Crippen LogP contribution < -0.4 is 5.32 Å². The van der Waals surface area contributed by atoms with Crippen LogP contribution in [0.1, 0.15) is 46.5 Å². The molecule has 13 heavy (non-hydrogen) atoms. The van der Waals surface area contributed by atoms with Crippen LogP contribution in [-0.4, -0.2) is 11.9 Å². The first-order valence-electron chi connectivity index (χ1n) is 5.38. The van der Waals surface area contributed by atoms with Crippen molar-refractivity contribution in [1.29, 1.82) is 0 Å². The molecule has 1 amide bonds. The van der Waals surface area contributed by atoms with Gasteiger partial charge in [0.1, 0.15) is 0 Å². The SMILES string of the molecule is CC(=O)NC(C(C)C)C1CCCC1. The predicted octanol–water partition coefficient (Wildman–Crippen LogP) is 2.34. The molecule has 0 bridgehead atoms. The van der Waals surface area contributed by atoms with Gasteiger partial charge in [-0.2, -0.15) is 0 Å². The average molecular weight is 183 g/mol. The van der Waals surface area contributed by atoms with Crippen molar-refractivity contribution in [3.63, 3.8) is 0 Å². The summed E-state index contributed by atoms with van der Waals surface area (Å²) in [6.07, 6.45) is 5.27. The molecule has 1 rings (SSSR count). The molecular weight excluding hydrogens is 162 g/mol. The summed E-state index contributed by atoms with van der Waals surface area (Å²) in [5.74, 6) is 1.40. The van der Waals surface area contributed by atoms with Crippen LogP contribution in [0.2, 0.25) is 0 Å². The zero-order valence-electron chi connectivity index (χ0n) is 8.97. The first kappa shape index (κ1) is 10.6. The maximum atomic E-state index is 11.0. The van der Waals surface area contributed by atoms with E-state index in [0.717, 1.165) is 5.92 Å². The Morgan fingerprint density at radius 3 is 2.23 bits per heavy atom. The number of amides is 1. The van der Waals surface area contributed by atoms with E-state index < -0.39 is 0 Å². The Hall–Kier alpha value is -0.530. The van der Waals surface area contributed by atoms with Crippen LogP contribution in [0.5, 0.6) is 0 Å². The molecule has 1 unspecified atom stereocenters. The summed E-state index contributed by atoms with van der Waals surface area (Å²) >= 11 is 0. The van der Waals surface area contributed by atoms with Crippen molar-refractivity contribution >= 4 is 5.91 Å². The predicted molar refractivity (Wildman–Crippen MR) is 54.4 cm³/mol. The second kappa shape index (κ2) is 4.64. The van der Waals surface area contributed by atoms with Crippen LogP contribution in [0.3, 0.4) is 0 Å². The third kappa shape index (κ3) is 3.02. The van der Waals surface area contributed by atoms with Crippen LogP contribution in [0.4, 0.5) is 0 Å². The van der Waals surface area contributed by atoms with Gasteiger partial charge in [0.2, 0.25) is 5.91 Å². The van der Waals surface area contributed by atoms with Gasteiger partial charge >= 0.3 is 0 Å². The fourth-order valence-corrected chi connectivity index (χ4v) is 2.38. The van der Waals surface area contributed by atoms with Gasteiger partial charge in [0, 0.05) is 13.0 Å². The number of hydrogen-bond donors (Lipinski definition) is 1. The number of carbonyl (C=O) groups excluding carboxylic acids is 1. The van der Waals surface area contributed by atoms with E-state index >= 15 is 0 Å². The highest BCUT2D eigenvalue weighted by molar-refractivity contribution is 5.73. The molecular formula is C11H21NO. The molecule has 1 aliphatic rings. The lowest BCUT2D eigenvalue weighted by Crippen LogP contribution is -2.42. The fraction of sp³-hybridized carbons (Fsp3) is 0.909. The molecule has 1 N–H and O–H groups in total. The molecule has 1 saturated carbocycles. The van der Waals surface area contributed by atoms with E-state index in [-0.39, 0.29) is 5.91 Å². The van der Waals surface area contributed by atoms with Gasteiger partial charge in [-0.1, -0.05) is 26.7 Å². The van der Waals surface area contributed by atoms with Gasteiger partial charge in [0.05, 0.1) is 0 Å². The van der Waals surface area contributed by atoms with Crippen LogP contribution in [0.25, 0.3) is 0 Å². The molecule has 2 nitrogen and oxygen atoms in total. The molecule has 0 heterocycles. The molecule has 1 atom stereocenters. The lowest BCUT2D eigenvalue weighted by atomic mass is 9.89. The highest BCUT2D eigenvalue weighted by Gasteiger charge is 2.27. The highest BCUT2D eigenvalue weighted by atomic mass is 16.1. The quantitative estimate of drug-likeness (QED) is 0.715. The monoisotopic (exact) mass is 183 g/mol. The lowest BCUT2D eigenvalue weighted by molar-refractivity contribution is -0.120. The molecule has 76 valence electrons. The highest BCUT2D eigenvalue weighted by Crippen LogP contribution is 2.30. The summed E-state index contributed by atoms with van der Waals surface area (Å²) in [6.45, 7) is 6.00. The molecule has 0 radical (unpaired) electrons. The fourth-order valence-electron chi connectivity index (χ4n) is 2.38. The van der Waals surface area contributed by atoms with Crippen LogP contribution >= 0.6 is 0 Å². The summed E-state index contributed by atoms with van der Waals surface area (Å²) < 4.78 is 0. The van der Waals surface area contributed by atoms with Crippen molar-refractivity contribution in [2.45, 2.75) is 52.5 Å². The van der Waals surface area contributed by atoms with Gasteiger partial charge in [0.25, 0.3) is 0 Å². The van der Waals surface area contributed by atoms with Crippen LogP contribution in [0.15, 0.2) is 0 Å². The van der Waals surface area contributed by atoms with Gasteiger partial charge in [-0.25, -0.2) is 0 Å². The van der Waals surface area contributed by atoms with Crippen molar-refractivity contribution in [3.8, 4) is 0 Å². The van der Waals surface area contributed by atoms with Crippen molar-refractivity contribution in [2.75, 3.05) is 0 Å². The van der Waals surface area contributed by atoms with E-state index in [4.69, 9.17) is 0 Å². The molecule has 1 fully saturated rings. The maximum absolute atomic E-state index is 11.0.